The first-order valence-electron chi connectivity index (χ1n) is 14.3. The minimum absolute atomic E-state index is 0.166. The third kappa shape index (κ3) is 4.94. The molecule has 0 unspecified atom stereocenters. The molecule has 12 heteroatoms. The van der Waals surface area contributed by atoms with Crippen molar-refractivity contribution in [2.75, 3.05) is 7.11 Å². The third-order valence-corrected chi connectivity index (χ3v) is 9.06. The number of non-ortho nitro benzene ring substituents is 1. The highest BCUT2D eigenvalue weighted by Crippen LogP contribution is 2.43. The molecule has 0 radical (unpaired) electrons. The van der Waals surface area contributed by atoms with Gasteiger partial charge in [-0.15, -0.1) is 0 Å². The number of thiazole rings is 1. The second kappa shape index (κ2) is 11.6. The number of methoxy groups -OCH3 is 1. The average Bonchev–Trinajstić information content (AvgIpc) is 3.38. The molecule has 2 heterocycles. The number of fused-ring (bicyclic) bond motifs is 3. The number of aryl methyl sites for hydroxylation is 1. The first kappa shape index (κ1) is 28.9. The van der Waals surface area contributed by atoms with Crippen LogP contribution in [0.5, 0.6) is 17.2 Å². The van der Waals surface area contributed by atoms with Gasteiger partial charge in [0.2, 0.25) is 5.75 Å². The van der Waals surface area contributed by atoms with E-state index in [1.165, 1.54) is 23.0 Å². The maximum absolute atomic E-state index is 14.3. The highest BCUT2D eigenvalue weighted by atomic mass is 32.1. The summed E-state index contributed by atoms with van der Waals surface area (Å²) < 4.78 is 13.8. The van der Waals surface area contributed by atoms with Crippen LogP contribution in [0.3, 0.4) is 0 Å². The van der Waals surface area contributed by atoms with Crippen LogP contribution in [0, 0.1) is 20.2 Å². The van der Waals surface area contributed by atoms with Crippen molar-refractivity contribution in [3.05, 3.63) is 159 Å². The van der Waals surface area contributed by atoms with Crippen molar-refractivity contribution >= 4 is 34.5 Å². The first-order valence-corrected chi connectivity index (χ1v) is 15.1. The molecule has 4 aromatic carbocycles. The molecule has 1 aliphatic carbocycles. The lowest BCUT2D eigenvalue weighted by Gasteiger charge is -2.31. The lowest BCUT2D eigenvalue weighted by molar-refractivity contribution is -0.394. The van der Waals surface area contributed by atoms with E-state index >= 15 is 0 Å². The summed E-state index contributed by atoms with van der Waals surface area (Å²) in [5.41, 5.74) is 4.27. The molecule has 46 heavy (non-hydrogen) atoms. The summed E-state index contributed by atoms with van der Waals surface area (Å²) in [6, 6.07) is 25.4. The zero-order chi connectivity index (χ0) is 31.9. The summed E-state index contributed by atoms with van der Waals surface area (Å²) in [4.78, 5) is 41.3. The summed E-state index contributed by atoms with van der Waals surface area (Å²) >= 11 is 1.24. The number of rotatable bonds is 7. The second-order valence-corrected chi connectivity index (χ2v) is 11.7. The highest BCUT2D eigenvalue weighted by molar-refractivity contribution is 7.07. The molecule has 1 atom stereocenters. The maximum Gasteiger partial charge on any atom is 0.318 e. The molecular formula is C34H24N4O7S. The Kier molecular flexibility index (Phi) is 7.26. The van der Waals surface area contributed by atoms with Crippen molar-refractivity contribution in [3.63, 3.8) is 0 Å². The van der Waals surface area contributed by atoms with E-state index in [1.54, 1.807) is 42.0 Å². The monoisotopic (exact) mass is 632 g/mol. The molecule has 0 amide bonds. The number of nitro groups is 2. The standard InChI is InChI=1S/C34H24N4O7S/c1-44-28-13-7-5-11-24(28)32-25-16-14-20-8-2-4-10-23(20)31(25)35-34-36(32)33(39)30(46-34)18-21-9-3-6-12-27(21)45-29-17-15-22(37(40)41)19-26(29)38(42)43/h2-13,15,17-19,32H,14,16H2,1H3/b30-18-/t32-/m0/s1. The van der Waals surface area contributed by atoms with E-state index in [9.17, 15) is 25.0 Å². The number of aromatic nitrogens is 1. The third-order valence-electron chi connectivity index (χ3n) is 8.08. The van der Waals surface area contributed by atoms with E-state index in [0.717, 1.165) is 47.4 Å². The number of nitro benzene ring substituents is 2. The molecule has 0 spiro atoms. The van der Waals surface area contributed by atoms with Crippen molar-refractivity contribution in [2.45, 2.75) is 18.9 Å². The maximum atomic E-state index is 14.3. The molecule has 1 aliphatic heterocycles. The van der Waals surface area contributed by atoms with Crippen molar-refractivity contribution in [3.8, 4) is 17.2 Å². The number of hydrogen-bond donors (Lipinski definition) is 0. The molecule has 2 aliphatic rings. The summed E-state index contributed by atoms with van der Waals surface area (Å²) in [5.74, 6) is 0.735. The predicted molar refractivity (Wildman–Crippen MR) is 172 cm³/mol. The van der Waals surface area contributed by atoms with Gasteiger partial charge in [-0.2, -0.15) is 0 Å². The molecule has 0 saturated heterocycles. The van der Waals surface area contributed by atoms with Crippen LogP contribution < -0.4 is 24.4 Å². The van der Waals surface area contributed by atoms with Gasteiger partial charge in [-0.05, 0) is 48.3 Å². The zero-order valence-corrected chi connectivity index (χ0v) is 25.1. The SMILES string of the molecule is COc1ccccc1[C@H]1C2=C(N=c3s/c(=C\c4ccccc4Oc4ccc([N+](=O)[O-])cc4[N+](=O)[O-])c(=O)n31)c1ccccc1CC2. The van der Waals surface area contributed by atoms with Crippen LogP contribution in [0.25, 0.3) is 11.8 Å². The summed E-state index contributed by atoms with van der Waals surface area (Å²) in [6.07, 6.45) is 3.22. The molecule has 0 N–H and O–H groups in total. The topological polar surface area (TPSA) is 139 Å². The van der Waals surface area contributed by atoms with E-state index in [1.807, 2.05) is 36.4 Å². The van der Waals surface area contributed by atoms with Crippen LogP contribution in [0.15, 0.2) is 106 Å². The number of hydrogen-bond acceptors (Lipinski definition) is 9. The number of para-hydroxylation sites is 2. The number of nitrogens with zero attached hydrogens (tertiary/aromatic N) is 4. The minimum atomic E-state index is -0.735. The van der Waals surface area contributed by atoms with Gasteiger partial charge in [0, 0.05) is 22.8 Å². The van der Waals surface area contributed by atoms with Gasteiger partial charge in [0.05, 0.1) is 39.3 Å². The minimum Gasteiger partial charge on any atom is -0.496 e. The van der Waals surface area contributed by atoms with Crippen LogP contribution in [0.2, 0.25) is 0 Å². The molecule has 228 valence electrons. The van der Waals surface area contributed by atoms with Crippen molar-refractivity contribution < 1.29 is 19.3 Å². The van der Waals surface area contributed by atoms with Gasteiger partial charge in [0.1, 0.15) is 11.5 Å². The van der Waals surface area contributed by atoms with Gasteiger partial charge in [-0.1, -0.05) is 72.0 Å². The summed E-state index contributed by atoms with van der Waals surface area (Å²) in [6.45, 7) is 0. The Hall–Kier alpha value is -5.88. The molecule has 0 saturated carbocycles. The van der Waals surface area contributed by atoms with Gasteiger partial charge in [-0.3, -0.25) is 29.6 Å². The van der Waals surface area contributed by atoms with Crippen LogP contribution in [0.4, 0.5) is 11.4 Å². The molecule has 1 aromatic heterocycles. The van der Waals surface area contributed by atoms with Crippen LogP contribution in [-0.4, -0.2) is 21.5 Å². The Morgan fingerprint density at radius 3 is 2.41 bits per heavy atom. The molecule has 7 rings (SSSR count). The van der Waals surface area contributed by atoms with E-state index in [-0.39, 0.29) is 17.1 Å². The lowest BCUT2D eigenvalue weighted by Crippen LogP contribution is -2.39. The quantitative estimate of drug-likeness (QED) is 0.160. The van der Waals surface area contributed by atoms with Crippen molar-refractivity contribution in [1.82, 2.24) is 4.57 Å². The fourth-order valence-corrected chi connectivity index (χ4v) is 6.98. The Bertz CT molecular complexity index is 2290. The fourth-order valence-electron chi connectivity index (χ4n) is 5.99. The number of allylic oxidation sites excluding steroid dienone is 1. The van der Waals surface area contributed by atoms with Crippen molar-refractivity contribution in [2.24, 2.45) is 4.99 Å². The fraction of sp³-hybridized carbons (Fsp3) is 0.118. The van der Waals surface area contributed by atoms with Gasteiger partial charge in [-0.25, -0.2) is 4.99 Å². The van der Waals surface area contributed by atoms with Crippen molar-refractivity contribution in [1.29, 1.82) is 0 Å². The number of ether oxygens (including phenoxy) is 2. The van der Waals surface area contributed by atoms with E-state index < -0.39 is 27.3 Å². The van der Waals surface area contributed by atoms with E-state index in [4.69, 9.17) is 14.5 Å². The Labute approximate surface area is 264 Å². The zero-order valence-electron chi connectivity index (χ0n) is 24.3. The molecule has 5 aromatic rings. The molecule has 11 nitrogen and oxygen atoms in total. The van der Waals surface area contributed by atoms with Gasteiger partial charge in [0.15, 0.2) is 4.80 Å². The molecular weight excluding hydrogens is 608 g/mol. The summed E-state index contributed by atoms with van der Waals surface area (Å²) in [5, 5.41) is 22.9. The molecule has 0 fully saturated rings. The van der Waals surface area contributed by atoms with Gasteiger partial charge < -0.3 is 9.47 Å². The van der Waals surface area contributed by atoms with Crippen LogP contribution >= 0.6 is 11.3 Å². The smallest absolute Gasteiger partial charge is 0.318 e. The average molecular weight is 633 g/mol. The van der Waals surface area contributed by atoms with E-state index in [0.29, 0.717) is 20.6 Å². The van der Waals surface area contributed by atoms with Gasteiger partial charge >= 0.3 is 5.69 Å². The lowest BCUT2D eigenvalue weighted by atomic mass is 9.83. The Balaban J connectivity index is 1.39. The number of benzene rings is 4. The second-order valence-electron chi connectivity index (χ2n) is 10.7. The van der Waals surface area contributed by atoms with E-state index in [2.05, 4.69) is 12.1 Å². The van der Waals surface area contributed by atoms with Gasteiger partial charge in [0.25, 0.3) is 11.2 Å². The summed E-state index contributed by atoms with van der Waals surface area (Å²) in [7, 11) is 1.61. The normalized spacial score (nSPS) is 15.3. The first-order chi connectivity index (χ1) is 22.3. The van der Waals surface area contributed by atoms with Crippen LogP contribution in [-0.2, 0) is 6.42 Å². The molecule has 0 bridgehead atoms. The highest BCUT2D eigenvalue weighted by Gasteiger charge is 2.34. The Morgan fingerprint density at radius 1 is 0.891 bits per heavy atom. The van der Waals surface area contributed by atoms with Crippen LogP contribution in [0.1, 0.15) is 34.7 Å². The Morgan fingerprint density at radius 2 is 1.63 bits per heavy atom. The largest absolute Gasteiger partial charge is 0.496 e. The predicted octanol–water partition coefficient (Wildman–Crippen LogP) is 5.94.